The van der Waals surface area contributed by atoms with E-state index in [1.165, 1.54) is 38.9 Å². The molecule has 0 aliphatic carbocycles. The van der Waals surface area contributed by atoms with Crippen molar-refractivity contribution in [3.8, 4) is 0 Å². The molecule has 2 nitrogen and oxygen atoms in total. The van der Waals surface area contributed by atoms with Gasteiger partial charge in [0.1, 0.15) is 6.10 Å². The molecule has 1 aliphatic rings. The Morgan fingerprint density at radius 3 is 2.42 bits per heavy atom. The first-order valence-electron chi connectivity index (χ1n) is 9.16. The van der Waals surface area contributed by atoms with Crippen molar-refractivity contribution >= 4 is 10.9 Å². The summed E-state index contributed by atoms with van der Waals surface area (Å²) in [5, 5.41) is 1.31. The first kappa shape index (κ1) is 15.4. The lowest BCUT2D eigenvalue weighted by Gasteiger charge is -2.32. The molecule has 3 aromatic carbocycles. The maximum Gasteiger partial charge on any atom is 0.124 e. The van der Waals surface area contributed by atoms with Gasteiger partial charge < -0.3 is 9.72 Å². The Labute approximate surface area is 153 Å². The van der Waals surface area contributed by atoms with Gasteiger partial charge in [-0.3, -0.25) is 0 Å². The molecular weight excluding hydrogens is 318 g/mol. The van der Waals surface area contributed by atoms with E-state index in [1.54, 1.807) is 0 Å². The molecule has 128 valence electrons. The Morgan fingerprint density at radius 1 is 0.846 bits per heavy atom. The van der Waals surface area contributed by atoms with Gasteiger partial charge in [0.2, 0.25) is 0 Å². The largest absolute Gasteiger partial charge is 0.359 e. The fourth-order valence-electron chi connectivity index (χ4n) is 4.10. The highest BCUT2D eigenvalue weighted by atomic mass is 16.5. The summed E-state index contributed by atoms with van der Waals surface area (Å²) >= 11 is 0. The van der Waals surface area contributed by atoms with Crippen LogP contribution in [0.15, 0.2) is 78.9 Å². The zero-order valence-electron chi connectivity index (χ0n) is 14.8. The minimum Gasteiger partial charge on any atom is -0.359 e. The van der Waals surface area contributed by atoms with Crippen LogP contribution in [0, 0.1) is 6.92 Å². The van der Waals surface area contributed by atoms with E-state index in [2.05, 4.69) is 90.8 Å². The zero-order valence-corrected chi connectivity index (χ0v) is 14.8. The second kappa shape index (κ2) is 6.15. The van der Waals surface area contributed by atoms with Crippen molar-refractivity contribution in [1.29, 1.82) is 0 Å². The number of hydrogen-bond acceptors (Lipinski definition) is 1. The number of benzene rings is 3. The SMILES string of the molecule is Cc1ccccc1[C@@H]1O[C@H](c2ccccc2)Cc2c1[nH]c1ccccc21. The Kier molecular flexibility index (Phi) is 3.65. The average molecular weight is 339 g/mol. The Hall–Kier alpha value is -2.84. The van der Waals surface area contributed by atoms with Crippen molar-refractivity contribution in [3.63, 3.8) is 0 Å². The Morgan fingerprint density at radius 2 is 1.58 bits per heavy atom. The molecule has 0 amide bonds. The number of ether oxygens (including phenoxy) is 1. The van der Waals surface area contributed by atoms with E-state index in [0.717, 1.165) is 6.42 Å². The summed E-state index contributed by atoms with van der Waals surface area (Å²) in [6.45, 7) is 2.16. The zero-order chi connectivity index (χ0) is 17.5. The Bertz CT molecular complexity index is 1060. The normalized spacial score (nSPS) is 19.4. The molecule has 2 heteroatoms. The summed E-state index contributed by atoms with van der Waals surface area (Å²) in [6.07, 6.45) is 0.885. The first-order chi connectivity index (χ1) is 12.8. The average Bonchev–Trinajstić information content (AvgIpc) is 3.07. The van der Waals surface area contributed by atoms with Crippen molar-refractivity contribution in [2.75, 3.05) is 0 Å². The van der Waals surface area contributed by atoms with Crippen molar-refractivity contribution in [2.24, 2.45) is 0 Å². The summed E-state index contributed by atoms with van der Waals surface area (Å²) in [5.41, 5.74) is 7.51. The fraction of sp³-hybridized carbons (Fsp3) is 0.167. The van der Waals surface area contributed by atoms with E-state index in [9.17, 15) is 0 Å². The molecule has 0 bridgehead atoms. The summed E-state index contributed by atoms with van der Waals surface area (Å²) in [7, 11) is 0. The number of H-pyrrole nitrogens is 1. The monoisotopic (exact) mass is 339 g/mol. The lowest BCUT2D eigenvalue weighted by atomic mass is 9.90. The standard InChI is InChI=1S/C24H21NO/c1-16-9-5-6-12-18(16)24-23-20(19-13-7-8-14-21(19)25-23)15-22(26-24)17-10-3-2-4-11-17/h2-14,22,24-25H,15H2,1H3/t22-,24-/m0/s1. The maximum absolute atomic E-state index is 6.66. The van der Waals surface area contributed by atoms with Crippen LogP contribution in [0.1, 0.15) is 40.2 Å². The van der Waals surface area contributed by atoms with Gasteiger partial charge in [-0.25, -0.2) is 0 Å². The van der Waals surface area contributed by atoms with Gasteiger partial charge in [-0.15, -0.1) is 0 Å². The molecule has 4 aromatic rings. The molecule has 1 N–H and O–H groups in total. The van der Waals surface area contributed by atoms with Crippen molar-refractivity contribution < 1.29 is 4.74 Å². The number of hydrogen-bond donors (Lipinski definition) is 1. The van der Waals surface area contributed by atoms with Crippen molar-refractivity contribution in [3.05, 3.63) is 107 Å². The van der Waals surface area contributed by atoms with Crippen LogP contribution in [-0.4, -0.2) is 4.98 Å². The van der Waals surface area contributed by atoms with Gasteiger partial charge in [-0.1, -0.05) is 72.8 Å². The molecule has 0 spiro atoms. The van der Waals surface area contributed by atoms with E-state index >= 15 is 0 Å². The molecule has 5 rings (SSSR count). The number of para-hydroxylation sites is 1. The number of fused-ring (bicyclic) bond motifs is 3. The molecule has 2 atom stereocenters. The van der Waals surface area contributed by atoms with E-state index in [1.807, 2.05) is 0 Å². The second-order valence-corrected chi connectivity index (χ2v) is 7.04. The van der Waals surface area contributed by atoms with E-state index < -0.39 is 0 Å². The summed E-state index contributed by atoms with van der Waals surface area (Å²) in [6, 6.07) is 27.7. The molecular formula is C24H21NO. The van der Waals surface area contributed by atoms with Crippen LogP contribution < -0.4 is 0 Å². The molecule has 1 aliphatic heterocycles. The van der Waals surface area contributed by atoms with Crippen LogP contribution in [0.2, 0.25) is 0 Å². The predicted molar refractivity (Wildman–Crippen MR) is 105 cm³/mol. The second-order valence-electron chi connectivity index (χ2n) is 7.04. The first-order valence-corrected chi connectivity index (χ1v) is 9.16. The number of aromatic nitrogens is 1. The third-order valence-corrected chi connectivity index (χ3v) is 5.44. The Balaban J connectivity index is 1.70. The van der Waals surface area contributed by atoms with E-state index in [-0.39, 0.29) is 12.2 Å². The van der Waals surface area contributed by atoms with Gasteiger partial charge in [0.15, 0.2) is 0 Å². The van der Waals surface area contributed by atoms with E-state index in [4.69, 9.17) is 4.74 Å². The van der Waals surface area contributed by atoms with E-state index in [0.29, 0.717) is 0 Å². The molecule has 2 heterocycles. The fourth-order valence-corrected chi connectivity index (χ4v) is 4.10. The minimum absolute atomic E-state index is 0.0625. The maximum atomic E-state index is 6.66. The quantitative estimate of drug-likeness (QED) is 0.485. The lowest BCUT2D eigenvalue weighted by Crippen LogP contribution is -2.21. The molecule has 0 unspecified atom stereocenters. The molecule has 0 saturated carbocycles. The highest BCUT2D eigenvalue weighted by Crippen LogP contribution is 2.43. The van der Waals surface area contributed by atoms with Gasteiger partial charge in [-0.2, -0.15) is 0 Å². The van der Waals surface area contributed by atoms with Crippen LogP contribution in [0.3, 0.4) is 0 Å². The highest BCUT2D eigenvalue weighted by Gasteiger charge is 2.33. The van der Waals surface area contributed by atoms with Gasteiger partial charge >= 0.3 is 0 Å². The van der Waals surface area contributed by atoms with Crippen LogP contribution >= 0.6 is 0 Å². The molecule has 26 heavy (non-hydrogen) atoms. The van der Waals surface area contributed by atoms with Crippen LogP contribution in [0.25, 0.3) is 10.9 Å². The topological polar surface area (TPSA) is 25.0 Å². The number of aromatic amines is 1. The van der Waals surface area contributed by atoms with Gasteiger partial charge in [0, 0.05) is 17.3 Å². The predicted octanol–water partition coefficient (Wildman–Crippen LogP) is 5.88. The summed E-state index contributed by atoms with van der Waals surface area (Å²) in [4.78, 5) is 3.64. The molecule has 0 fully saturated rings. The summed E-state index contributed by atoms with van der Waals surface area (Å²) in [5.74, 6) is 0. The van der Waals surface area contributed by atoms with Crippen molar-refractivity contribution in [1.82, 2.24) is 4.98 Å². The van der Waals surface area contributed by atoms with Crippen molar-refractivity contribution in [2.45, 2.75) is 25.6 Å². The number of rotatable bonds is 2. The van der Waals surface area contributed by atoms with Gasteiger partial charge in [0.25, 0.3) is 0 Å². The van der Waals surface area contributed by atoms with Crippen LogP contribution in [0.5, 0.6) is 0 Å². The third-order valence-electron chi connectivity index (χ3n) is 5.44. The lowest BCUT2D eigenvalue weighted by molar-refractivity contribution is -0.00729. The number of aryl methyl sites for hydroxylation is 1. The van der Waals surface area contributed by atoms with Gasteiger partial charge in [0.05, 0.1) is 11.8 Å². The minimum atomic E-state index is -0.0717. The van der Waals surface area contributed by atoms with Gasteiger partial charge in [-0.05, 0) is 35.2 Å². The highest BCUT2D eigenvalue weighted by molar-refractivity contribution is 5.85. The molecule has 0 saturated heterocycles. The number of nitrogens with one attached hydrogen (secondary N) is 1. The summed E-state index contributed by atoms with van der Waals surface area (Å²) < 4.78 is 6.66. The van der Waals surface area contributed by atoms with Crippen LogP contribution in [0.4, 0.5) is 0 Å². The molecule has 1 aromatic heterocycles. The molecule has 0 radical (unpaired) electrons. The van der Waals surface area contributed by atoms with Crippen LogP contribution in [-0.2, 0) is 11.2 Å². The smallest absolute Gasteiger partial charge is 0.124 e. The third kappa shape index (κ3) is 2.46.